The Morgan fingerprint density at radius 1 is 1.40 bits per heavy atom. The number of rotatable bonds is 3. The first-order chi connectivity index (χ1) is 7.28. The summed E-state index contributed by atoms with van der Waals surface area (Å²) >= 11 is 0. The molecule has 15 heavy (non-hydrogen) atoms. The van der Waals surface area contributed by atoms with Crippen molar-refractivity contribution in [3.8, 4) is 0 Å². The number of nitrogens with zero attached hydrogens (tertiary/aromatic N) is 2. The topological polar surface area (TPSA) is 39.1 Å². The van der Waals surface area contributed by atoms with Crippen LogP contribution >= 0.6 is 0 Å². The zero-order chi connectivity index (χ0) is 10.7. The van der Waals surface area contributed by atoms with Gasteiger partial charge in [-0.25, -0.2) is 0 Å². The normalized spacial score (nSPS) is 26.5. The lowest BCUT2D eigenvalue weighted by molar-refractivity contribution is 0.0681. The maximum Gasteiger partial charge on any atom is 0.148 e. The fourth-order valence-corrected chi connectivity index (χ4v) is 2.14. The Bertz CT molecular complexity index is 303. The van der Waals surface area contributed by atoms with E-state index < -0.39 is 0 Å². The van der Waals surface area contributed by atoms with Crippen LogP contribution in [0, 0.1) is 0 Å². The standard InChI is InChI=1S/C11H19N3O/c1-14-8-7-11(13-14)12-9-3-5-10(15-2)6-4-9/h7-10H,3-6H2,1-2H3,(H,12,13). The summed E-state index contributed by atoms with van der Waals surface area (Å²) in [5.74, 6) is 0.985. The van der Waals surface area contributed by atoms with Crippen LogP contribution in [0.2, 0.25) is 0 Å². The first kappa shape index (κ1) is 10.5. The maximum absolute atomic E-state index is 5.35. The summed E-state index contributed by atoms with van der Waals surface area (Å²) in [7, 11) is 3.74. The fraction of sp³-hybridized carbons (Fsp3) is 0.727. The highest BCUT2D eigenvalue weighted by Crippen LogP contribution is 2.22. The van der Waals surface area contributed by atoms with Gasteiger partial charge in [0.05, 0.1) is 6.10 Å². The second kappa shape index (κ2) is 4.66. The van der Waals surface area contributed by atoms with Crippen LogP contribution in [0.1, 0.15) is 25.7 Å². The highest BCUT2D eigenvalue weighted by molar-refractivity contribution is 5.33. The Morgan fingerprint density at radius 2 is 2.13 bits per heavy atom. The van der Waals surface area contributed by atoms with Crippen molar-refractivity contribution in [2.75, 3.05) is 12.4 Å². The summed E-state index contributed by atoms with van der Waals surface area (Å²) < 4.78 is 7.17. The number of nitrogens with one attached hydrogen (secondary N) is 1. The Hall–Kier alpha value is -1.03. The van der Waals surface area contributed by atoms with Crippen LogP contribution in [0.25, 0.3) is 0 Å². The van der Waals surface area contributed by atoms with Gasteiger partial charge in [0, 0.05) is 32.5 Å². The summed E-state index contributed by atoms with van der Waals surface area (Å²) in [6.07, 6.45) is 7.08. The van der Waals surface area contributed by atoms with E-state index in [9.17, 15) is 0 Å². The maximum atomic E-state index is 5.35. The Morgan fingerprint density at radius 3 is 2.67 bits per heavy atom. The van der Waals surface area contributed by atoms with Crippen molar-refractivity contribution in [2.45, 2.75) is 37.8 Å². The molecule has 0 unspecified atom stereocenters. The highest BCUT2D eigenvalue weighted by Gasteiger charge is 2.20. The lowest BCUT2D eigenvalue weighted by Gasteiger charge is -2.28. The van der Waals surface area contributed by atoms with Crippen molar-refractivity contribution in [2.24, 2.45) is 7.05 Å². The van der Waals surface area contributed by atoms with Crippen LogP contribution in [0.5, 0.6) is 0 Å². The summed E-state index contributed by atoms with van der Waals surface area (Å²) in [5.41, 5.74) is 0. The van der Waals surface area contributed by atoms with Crippen molar-refractivity contribution >= 4 is 5.82 Å². The van der Waals surface area contributed by atoms with Gasteiger partial charge in [0.1, 0.15) is 5.82 Å². The van der Waals surface area contributed by atoms with E-state index in [0.717, 1.165) is 18.7 Å². The van der Waals surface area contributed by atoms with Gasteiger partial charge in [-0.3, -0.25) is 4.68 Å². The second-order valence-electron chi connectivity index (χ2n) is 4.23. The molecule has 84 valence electrons. The van der Waals surface area contributed by atoms with Crippen molar-refractivity contribution in [1.82, 2.24) is 9.78 Å². The second-order valence-corrected chi connectivity index (χ2v) is 4.23. The van der Waals surface area contributed by atoms with Crippen LogP contribution in [0.15, 0.2) is 12.3 Å². The molecule has 0 bridgehead atoms. The smallest absolute Gasteiger partial charge is 0.148 e. The van der Waals surface area contributed by atoms with Gasteiger partial charge in [-0.1, -0.05) is 0 Å². The minimum atomic E-state index is 0.465. The first-order valence-electron chi connectivity index (χ1n) is 5.57. The van der Waals surface area contributed by atoms with E-state index >= 15 is 0 Å². The Balaban J connectivity index is 1.82. The third-order valence-corrected chi connectivity index (χ3v) is 3.07. The molecule has 4 heteroatoms. The van der Waals surface area contributed by atoms with E-state index in [-0.39, 0.29) is 0 Å². The van der Waals surface area contributed by atoms with Gasteiger partial charge in [-0.15, -0.1) is 0 Å². The predicted octanol–water partition coefficient (Wildman–Crippen LogP) is 1.79. The Labute approximate surface area is 90.6 Å². The first-order valence-corrected chi connectivity index (χ1v) is 5.57. The van der Waals surface area contributed by atoms with Gasteiger partial charge in [0.15, 0.2) is 0 Å². The van der Waals surface area contributed by atoms with Gasteiger partial charge >= 0.3 is 0 Å². The molecule has 0 amide bonds. The van der Waals surface area contributed by atoms with Crippen molar-refractivity contribution < 1.29 is 4.74 Å². The quantitative estimate of drug-likeness (QED) is 0.825. The monoisotopic (exact) mass is 209 g/mol. The highest BCUT2D eigenvalue weighted by atomic mass is 16.5. The fourth-order valence-electron chi connectivity index (χ4n) is 2.14. The molecule has 0 radical (unpaired) electrons. The average molecular weight is 209 g/mol. The van der Waals surface area contributed by atoms with Crippen LogP contribution < -0.4 is 5.32 Å². The van der Waals surface area contributed by atoms with Gasteiger partial charge in [-0.2, -0.15) is 5.10 Å². The minimum absolute atomic E-state index is 0.465. The molecule has 0 atom stereocenters. The molecular formula is C11H19N3O. The van der Waals surface area contributed by atoms with Gasteiger partial charge in [0.2, 0.25) is 0 Å². The summed E-state index contributed by atoms with van der Waals surface area (Å²) in [6, 6.07) is 2.58. The van der Waals surface area contributed by atoms with Crippen LogP contribution in [0.3, 0.4) is 0 Å². The molecule has 0 aromatic carbocycles. The minimum Gasteiger partial charge on any atom is -0.381 e. The molecule has 0 saturated heterocycles. The molecular weight excluding hydrogens is 190 g/mol. The third kappa shape index (κ3) is 2.72. The van der Waals surface area contributed by atoms with E-state index in [1.54, 1.807) is 7.11 Å². The molecule has 0 spiro atoms. The number of hydrogen-bond donors (Lipinski definition) is 1. The van der Waals surface area contributed by atoms with Crippen molar-refractivity contribution in [1.29, 1.82) is 0 Å². The zero-order valence-corrected chi connectivity index (χ0v) is 9.44. The largest absolute Gasteiger partial charge is 0.381 e. The average Bonchev–Trinajstić information content (AvgIpc) is 2.65. The molecule has 1 aromatic rings. The molecule has 1 aliphatic carbocycles. The molecule has 1 N–H and O–H groups in total. The molecule has 4 nitrogen and oxygen atoms in total. The van der Waals surface area contributed by atoms with Crippen molar-refractivity contribution in [3.63, 3.8) is 0 Å². The van der Waals surface area contributed by atoms with Crippen LogP contribution in [-0.2, 0) is 11.8 Å². The number of ether oxygens (including phenoxy) is 1. The van der Waals surface area contributed by atoms with E-state index in [0.29, 0.717) is 12.1 Å². The lowest BCUT2D eigenvalue weighted by atomic mass is 9.93. The molecule has 1 fully saturated rings. The zero-order valence-electron chi connectivity index (χ0n) is 9.44. The molecule has 1 aromatic heterocycles. The number of hydrogen-bond acceptors (Lipinski definition) is 3. The Kier molecular flexibility index (Phi) is 3.26. The van der Waals surface area contributed by atoms with Gasteiger partial charge < -0.3 is 10.1 Å². The molecule has 1 aliphatic rings. The lowest BCUT2D eigenvalue weighted by Crippen LogP contribution is -2.29. The molecule has 2 rings (SSSR count). The SMILES string of the molecule is COC1CCC(Nc2ccn(C)n2)CC1. The summed E-state index contributed by atoms with van der Waals surface area (Å²) in [6.45, 7) is 0. The molecule has 1 heterocycles. The van der Waals surface area contributed by atoms with E-state index in [1.165, 1.54) is 12.8 Å². The predicted molar refractivity (Wildman–Crippen MR) is 59.9 cm³/mol. The van der Waals surface area contributed by atoms with Crippen molar-refractivity contribution in [3.05, 3.63) is 12.3 Å². The number of methoxy groups -OCH3 is 1. The van der Waals surface area contributed by atoms with Gasteiger partial charge in [-0.05, 0) is 25.7 Å². The number of anilines is 1. The van der Waals surface area contributed by atoms with E-state index in [1.807, 2.05) is 24.0 Å². The summed E-state index contributed by atoms with van der Waals surface area (Å²) in [5, 5.41) is 7.78. The molecule has 0 aliphatic heterocycles. The molecule has 1 saturated carbocycles. The van der Waals surface area contributed by atoms with Gasteiger partial charge in [0.25, 0.3) is 0 Å². The number of aryl methyl sites for hydroxylation is 1. The third-order valence-electron chi connectivity index (χ3n) is 3.07. The van der Waals surface area contributed by atoms with E-state index in [4.69, 9.17) is 4.74 Å². The van der Waals surface area contributed by atoms with Crippen LogP contribution in [-0.4, -0.2) is 29.0 Å². The number of aromatic nitrogens is 2. The summed E-state index contributed by atoms with van der Waals surface area (Å²) in [4.78, 5) is 0. The van der Waals surface area contributed by atoms with Crippen LogP contribution in [0.4, 0.5) is 5.82 Å². The van der Waals surface area contributed by atoms with E-state index in [2.05, 4.69) is 10.4 Å².